The minimum absolute atomic E-state index is 0.179. The van der Waals surface area contributed by atoms with Gasteiger partial charge in [-0.2, -0.15) is 5.26 Å². The molecule has 0 spiro atoms. The number of thiophene rings is 1. The Bertz CT molecular complexity index is 901. The molecule has 1 aromatic heterocycles. The molecule has 8 heteroatoms. The second-order valence-corrected chi connectivity index (χ2v) is 7.66. The first-order valence-electron chi connectivity index (χ1n) is 9.10. The van der Waals surface area contributed by atoms with Gasteiger partial charge in [-0.1, -0.05) is 0 Å². The summed E-state index contributed by atoms with van der Waals surface area (Å²) in [5, 5.41) is 16.0. The zero-order valence-corrected chi connectivity index (χ0v) is 17.2. The van der Waals surface area contributed by atoms with E-state index in [-0.39, 0.29) is 11.0 Å². The Balaban J connectivity index is 1.55. The fraction of sp³-hybridized carbons (Fsp3) is 0.350. The molecule has 0 atom stereocenters. The van der Waals surface area contributed by atoms with E-state index in [2.05, 4.69) is 16.7 Å². The normalized spacial score (nSPS) is 12.1. The van der Waals surface area contributed by atoms with Gasteiger partial charge in [0.2, 0.25) is 0 Å². The molecular formula is C20H21N3O3S2. The molecule has 146 valence electrons. The maximum Gasteiger partial charge on any atom is 0.257 e. The van der Waals surface area contributed by atoms with Crippen molar-refractivity contribution < 1.29 is 14.3 Å². The highest BCUT2D eigenvalue weighted by Gasteiger charge is 2.22. The second kappa shape index (κ2) is 9.64. The predicted molar refractivity (Wildman–Crippen MR) is 113 cm³/mol. The number of anilines is 1. The number of hydrogen-bond donors (Lipinski definition) is 2. The fourth-order valence-corrected chi connectivity index (χ4v) is 4.49. The number of hydrogen-bond acceptors (Lipinski definition) is 6. The zero-order valence-electron chi connectivity index (χ0n) is 15.5. The Hall–Kier alpha value is -2.47. The van der Waals surface area contributed by atoms with E-state index in [1.165, 1.54) is 16.2 Å². The molecule has 2 N–H and O–H groups in total. The van der Waals surface area contributed by atoms with E-state index in [0.717, 1.165) is 24.8 Å². The molecule has 1 aromatic carbocycles. The molecule has 2 aromatic rings. The van der Waals surface area contributed by atoms with E-state index in [9.17, 15) is 10.1 Å². The first kappa shape index (κ1) is 20.3. The lowest BCUT2D eigenvalue weighted by atomic mass is 10.1. The molecule has 3 rings (SSSR count). The highest BCUT2D eigenvalue weighted by atomic mass is 32.1. The zero-order chi connectivity index (χ0) is 19.9. The number of nitriles is 1. The molecule has 0 aliphatic heterocycles. The minimum atomic E-state index is -0.319. The van der Waals surface area contributed by atoms with Crippen molar-refractivity contribution in [2.24, 2.45) is 0 Å². The largest absolute Gasteiger partial charge is 0.491 e. The van der Waals surface area contributed by atoms with Crippen molar-refractivity contribution in [1.82, 2.24) is 5.32 Å². The van der Waals surface area contributed by atoms with Gasteiger partial charge in [-0.25, -0.2) is 0 Å². The first-order valence-corrected chi connectivity index (χ1v) is 10.3. The second-order valence-electron chi connectivity index (χ2n) is 6.15. The van der Waals surface area contributed by atoms with Gasteiger partial charge in [-0.3, -0.25) is 10.1 Å². The van der Waals surface area contributed by atoms with Crippen LogP contribution in [0.3, 0.4) is 0 Å². The Morgan fingerprint density at radius 1 is 1.29 bits per heavy atom. The number of nitrogens with one attached hydrogen (secondary N) is 2. The van der Waals surface area contributed by atoms with Crippen LogP contribution in [0.15, 0.2) is 24.3 Å². The Morgan fingerprint density at radius 3 is 2.79 bits per heavy atom. The standard InChI is InChI=1S/C20H21N3O3S2/c1-2-25-10-11-26-14-8-6-13(7-9-14)18(24)22-20(27)23-19-16(12-21)15-4-3-5-17(15)28-19/h6-9H,2-5,10-11H2,1H3,(H2,22,23,24,27). The fourth-order valence-electron chi connectivity index (χ4n) is 2.99. The molecule has 1 heterocycles. The maximum atomic E-state index is 12.4. The van der Waals surface area contributed by atoms with Crippen molar-refractivity contribution in [3.8, 4) is 11.8 Å². The minimum Gasteiger partial charge on any atom is -0.491 e. The third kappa shape index (κ3) is 4.87. The quantitative estimate of drug-likeness (QED) is 0.531. The number of rotatable bonds is 7. The van der Waals surface area contributed by atoms with E-state index in [1.54, 1.807) is 24.3 Å². The monoisotopic (exact) mass is 415 g/mol. The molecule has 0 saturated heterocycles. The Labute approximate surface area is 173 Å². The smallest absolute Gasteiger partial charge is 0.257 e. The van der Waals surface area contributed by atoms with Crippen LogP contribution in [0.4, 0.5) is 5.00 Å². The third-order valence-electron chi connectivity index (χ3n) is 4.30. The van der Waals surface area contributed by atoms with Crippen molar-refractivity contribution in [1.29, 1.82) is 5.26 Å². The summed E-state index contributed by atoms with van der Waals surface area (Å²) < 4.78 is 10.8. The number of aryl methyl sites for hydroxylation is 1. The summed E-state index contributed by atoms with van der Waals surface area (Å²) in [5.74, 6) is 0.352. The van der Waals surface area contributed by atoms with E-state index >= 15 is 0 Å². The summed E-state index contributed by atoms with van der Waals surface area (Å²) >= 11 is 6.79. The van der Waals surface area contributed by atoms with Crippen molar-refractivity contribution in [3.63, 3.8) is 0 Å². The summed E-state index contributed by atoms with van der Waals surface area (Å²) in [6.45, 7) is 3.56. The molecule has 0 radical (unpaired) electrons. The first-order chi connectivity index (χ1) is 13.6. The van der Waals surface area contributed by atoms with Gasteiger partial charge in [0.05, 0.1) is 12.2 Å². The number of carbonyl (C=O) groups excluding carboxylic acids is 1. The molecule has 6 nitrogen and oxygen atoms in total. The molecule has 1 amide bonds. The molecule has 1 aliphatic rings. The van der Waals surface area contributed by atoms with Gasteiger partial charge in [0.15, 0.2) is 5.11 Å². The summed E-state index contributed by atoms with van der Waals surface area (Å²) in [5.41, 5.74) is 2.22. The number of amides is 1. The molecular weight excluding hydrogens is 394 g/mol. The lowest BCUT2D eigenvalue weighted by molar-refractivity contribution is 0.0977. The summed E-state index contributed by atoms with van der Waals surface area (Å²) in [4.78, 5) is 13.6. The van der Waals surface area contributed by atoms with Crippen LogP contribution in [-0.4, -0.2) is 30.8 Å². The third-order valence-corrected chi connectivity index (χ3v) is 5.72. The van der Waals surface area contributed by atoms with Crippen molar-refractivity contribution >= 4 is 39.6 Å². The number of thiocarbonyl (C=S) groups is 1. The van der Waals surface area contributed by atoms with Gasteiger partial charge in [0.25, 0.3) is 5.91 Å². The van der Waals surface area contributed by atoms with Crippen molar-refractivity contribution in [2.75, 3.05) is 25.1 Å². The van der Waals surface area contributed by atoms with Gasteiger partial charge < -0.3 is 14.8 Å². The lowest BCUT2D eigenvalue weighted by Crippen LogP contribution is -2.34. The number of carbonyl (C=O) groups is 1. The van der Waals surface area contributed by atoms with Crippen LogP contribution < -0.4 is 15.4 Å². The van der Waals surface area contributed by atoms with Gasteiger partial charge >= 0.3 is 0 Å². The summed E-state index contributed by atoms with van der Waals surface area (Å²) in [6.07, 6.45) is 3.01. The van der Waals surface area contributed by atoms with Crippen molar-refractivity contribution in [2.45, 2.75) is 26.2 Å². The highest BCUT2D eigenvalue weighted by Crippen LogP contribution is 2.38. The van der Waals surface area contributed by atoms with Crippen LogP contribution in [0.2, 0.25) is 0 Å². The summed E-state index contributed by atoms with van der Waals surface area (Å²) in [7, 11) is 0. The van der Waals surface area contributed by atoms with Crippen LogP contribution in [0, 0.1) is 11.3 Å². The Kier molecular flexibility index (Phi) is 6.98. The van der Waals surface area contributed by atoms with Gasteiger partial charge in [-0.05, 0) is 68.2 Å². The maximum absolute atomic E-state index is 12.4. The molecule has 0 unspecified atom stereocenters. The molecule has 0 fully saturated rings. The molecule has 28 heavy (non-hydrogen) atoms. The predicted octanol–water partition coefficient (Wildman–Crippen LogP) is 3.65. The average Bonchev–Trinajstić information content (AvgIpc) is 3.26. The lowest BCUT2D eigenvalue weighted by Gasteiger charge is -2.10. The van der Waals surface area contributed by atoms with Crippen LogP contribution in [-0.2, 0) is 17.6 Å². The van der Waals surface area contributed by atoms with E-state index in [4.69, 9.17) is 21.7 Å². The van der Waals surface area contributed by atoms with Crippen molar-refractivity contribution in [3.05, 3.63) is 45.8 Å². The van der Waals surface area contributed by atoms with E-state index in [0.29, 0.717) is 41.7 Å². The van der Waals surface area contributed by atoms with Gasteiger partial charge in [0.1, 0.15) is 23.4 Å². The van der Waals surface area contributed by atoms with Crippen LogP contribution in [0.1, 0.15) is 39.7 Å². The Morgan fingerprint density at radius 2 is 2.07 bits per heavy atom. The van der Waals surface area contributed by atoms with E-state index < -0.39 is 0 Å². The van der Waals surface area contributed by atoms with Crippen LogP contribution >= 0.6 is 23.6 Å². The molecule has 0 saturated carbocycles. The average molecular weight is 416 g/mol. The topological polar surface area (TPSA) is 83.4 Å². The highest BCUT2D eigenvalue weighted by molar-refractivity contribution is 7.80. The van der Waals surface area contributed by atoms with E-state index in [1.807, 2.05) is 6.92 Å². The summed E-state index contributed by atoms with van der Waals surface area (Å²) in [6, 6.07) is 9.06. The molecule has 1 aliphatic carbocycles. The van der Waals surface area contributed by atoms with Crippen LogP contribution in [0.25, 0.3) is 0 Å². The number of benzene rings is 1. The van der Waals surface area contributed by atoms with Gasteiger partial charge in [-0.15, -0.1) is 11.3 Å². The number of fused-ring (bicyclic) bond motifs is 1. The number of nitrogens with zero attached hydrogens (tertiary/aromatic N) is 1. The number of ether oxygens (including phenoxy) is 2. The van der Waals surface area contributed by atoms with Crippen LogP contribution in [0.5, 0.6) is 5.75 Å². The SMILES string of the molecule is CCOCCOc1ccc(C(=O)NC(=S)Nc2sc3c(c2C#N)CCC3)cc1. The molecule has 0 bridgehead atoms. The van der Waals surface area contributed by atoms with Gasteiger partial charge in [0, 0.05) is 17.0 Å².